The van der Waals surface area contributed by atoms with Gasteiger partial charge in [0.25, 0.3) is 0 Å². The Morgan fingerprint density at radius 1 is 1.50 bits per heavy atom. The van der Waals surface area contributed by atoms with Gasteiger partial charge in [0, 0.05) is 13.0 Å². The van der Waals surface area contributed by atoms with Crippen molar-refractivity contribution < 1.29 is 9.53 Å². The molecule has 0 saturated heterocycles. The number of hydrogen-bond acceptors (Lipinski definition) is 3. The van der Waals surface area contributed by atoms with E-state index in [4.69, 9.17) is 0 Å². The Labute approximate surface area is 82.9 Å². The molecule has 14 heavy (non-hydrogen) atoms. The lowest BCUT2D eigenvalue weighted by Gasteiger charge is -1.91. The van der Waals surface area contributed by atoms with E-state index < -0.39 is 5.97 Å². The van der Waals surface area contributed by atoms with Crippen molar-refractivity contribution in [2.45, 2.75) is 13.8 Å². The molecule has 0 N–H and O–H groups in total. The van der Waals surface area contributed by atoms with Gasteiger partial charge in [-0.1, -0.05) is 5.92 Å². The molecule has 74 valence electrons. The number of ether oxygens (including phenoxy) is 1. The summed E-state index contributed by atoms with van der Waals surface area (Å²) in [5.74, 6) is 4.59. The number of esters is 1. The van der Waals surface area contributed by atoms with Crippen LogP contribution in [0.5, 0.6) is 0 Å². The molecular formula is C10H12N2O2. The average molecular weight is 192 g/mol. The van der Waals surface area contributed by atoms with Gasteiger partial charge >= 0.3 is 5.97 Å². The number of hydrogen-bond donors (Lipinski definition) is 0. The third kappa shape index (κ3) is 1.94. The Morgan fingerprint density at radius 3 is 2.57 bits per heavy atom. The van der Waals surface area contributed by atoms with Crippen molar-refractivity contribution in [1.82, 2.24) is 9.78 Å². The molecule has 0 aliphatic carbocycles. The molecular weight excluding hydrogens is 180 g/mol. The molecule has 0 radical (unpaired) electrons. The van der Waals surface area contributed by atoms with Crippen molar-refractivity contribution in [3.63, 3.8) is 0 Å². The zero-order chi connectivity index (χ0) is 10.7. The highest BCUT2D eigenvalue weighted by Crippen LogP contribution is 2.09. The highest BCUT2D eigenvalue weighted by atomic mass is 16.5. The maximum atomic E-state index is 10.8. The van der Waals surface area contributed by atoms with Crippen molar-refractivity contribution in [3.8, 4) is 11.8 Å². The van der Waals surface area contributed by atoms with E-state index in [0.29, 0.717) is 0 Å². The van der Waals surface area contributed by atoms with Crippen LogP contribution in [0.25, 0.3) is 0 Å². The van der Waals surface area contributed by atoms with Crippen LogP contribution in [0.3, 0.4) is 0 Å². The molecule has 0 atom stereocenters. The van der Waals surface area contributed by atoms with Gasteiger partial charge in [-0.3, -0.25) is 4.68 Å². The lowest BCUT2D eigenvalue weighted by molar-refractivity contribution is -0.133. The van der Waals surface area contributed by atoms with Gasteiger partial charge in [0.1, 0.15) is 0 Å². The van der Waals surface area contributed by atoms with Crippen LogP contribution < -0.4 is 0 Å². The summed E-state index contributed by atoms with van der Waals surface area (Å²) < 4.78 is 6.15. The van der Waals surface area contributed by atoms with Gasteiger partial charge in [0.05, 0.1) is 24.1 Å². The predicted octanol–water partition coefficient (Wildman–Crippen LogP) is 0.561. The normalized spacial score (nSPS) is 9.14. The molecule has 0 bridgehead atoms. The van der Waals surface area contributed by atoms with Gasteiger partial charge in [0.15, 0.2) is 0 Å². The second-order valence-corrected chi connectivity index (χ2v) is 2.91. The maximum absolute atomic E-state index is 10.8. The summed E-state index contributed by atoms with van der Waals surface area (Å²) in [7, 11) is 3.14. The summed E-state index contributed by atoms with van der Waals surface area (Å²) in [6.45, 7) is 3.76. The van der Waals surface area contributed by atoms with E-state index in [1.54, 1.807) is 4.68 Å². The second kappa shape index (κ2) is 3.97. The molecule has 0 spiro atoms. The third-order valence-electron chi connectivity index (χ3n) is 1.98. The SMILES string of the molecule is COC(=O)C#Cc1c(C)nn(C)c1C. The molecule has 0 amide bonds. The molecule has 0 aliphatic rings. The molecule has 0 fully saturated rings. The van der Waals surface area contributed by atoms with Crippen molar-refractivity contribution in [1.29, 1.82) is 0 Å². The first-order valence-electron chi connectivity index (χ1n) is 4.16. The summed E-state index contributed by atoms with van der Waals surface area (Å²) in [5, 5.41) is 4.18. The standard InChI is InChI=1S/C10H12N2O2/c1-7-9(5-6-10(13)14-4)8(2)12(3)11-7/h1-4H3. The number of rotatable bonds is 0. The second-order valence-electron chi connectivity index (χ2n) is 2.91. The van der Waals surface area contributed by atoms with Crippen LogP contribution in [0.2, 0.25) is 0 Å². The zero-order valence-electron chi connectivity index (χ0n) is 8.71. The first-order valence-corrected chi connectivity index (χ1v) is 4.16. The lowest BCUT2D eigenvalue weighted by Crippen LogP contribution is -1.95. The van der Waals surface area contributed by atoms with E-state index in [0.717, 1.165) is 17.0 Å². The van der Waals surface area contributed by atoms with E-state index >= 15 is 0 Å². The molecule has 0 aromatic carbocycles. The van der Waals surface area contributed by atoms with Crippen molar-refractivity contribution in [2.24, 2.45) is 7.05 Å². The van der Waals surface area contributed by atoms with Gasteiger partial charge in [-0.05, 0) is 13.8 Å². The molecule has 1 heterocycles. The molecule has 0 aliphatic heterocycles. The molecule has 0 unspecified atom stereocenters. The Kier molecular flexibility index (Phi) is 2.92. The van der Waals surface area contributed by atoms with Gasteiger partial charge in [0.2, 0.25) is 0 Å². The third-order valence-corrected chi connectivity index (χ3v) is 1.98. The summed E-state index contributed by atoms with van der Waals surface area (Å²) in [5.41, 5.74) is 2.55. The van der Waals surface area contributed by atoms with E-state index in [9.17, 15) is 4.79 Å². The number of carbonyl (C=O) groups is 1. The highest BCUT2D eigenvalue weighted by molar-refractivity contribution is 5.89. The minimum absolute atomic E-state index is 0.535. The Bertz CT molecular complexity index is 421. The number of nitrogens with zero attached hydrogens (tertiary/aromatic N) is 2. The highest BCUT2D eigenvalue weighted by Gasteiger charge is 2.06. The maximum Gasteiger partial charge on any atom is 0.384 e. The molecule has 1 aromatic heterocycles. The minimum atomic E-state index is -0.535. The topological polar surface area (TPSA) is 44.1 Å². The van der Waals surface area contributed by atoms with Crippen molar-refractivity contribution >= 4 is 5.97 Å². The Hall–Kier alpha value is -1.76. The molecule has 1 rings (SSSR count). The van der Waals surface area contributed by atoms with Crippen LogP contribution in [0.1, 0.15) is 17.0 Å². The van der Waals surface area contributed by atoms with Gasteiger partial charge in [-0.15, -0.1) is 0 Å². The van der Waals surface area contributed by atoms with E-state index in [-0.39, 0.29) is 0 Å². The summed E-state index contributed by atoms with van der Waals surface area (Å²) >= 11 is 0. The van der Waals surface area contributed by atoms with Crippen LogP contribution >= 0.6 is 0 Å². The van der Waals surface area contributed by atoms with Crippen LogP contribution in [0, 0.1) is 25.7 Å². The fraction of sp³-hybridized carbons (Fsp3) is 0.400. The Morgan fingerprint density at radius 2 is 2.14 bits per heavy atom. The smallest absolute Gasteiger partial charge is 0.384 e. The number of aromatic nitrogens is 2. The molecule has 1 aromatic rings. The van der Waals surface area contributed by atoms with Crippen LogP contribution in [-0.2, 0) is 16.6 Å². The minimum Gasteiger partial charge on any atom is -0.459 e. The largest absolute Gasteiger partial charge is 0.459 e. The van der Waals surface area contributed by atoms with Crippen molar-refractivity contribution in [3.05, 3.63) is 17.0 Å². The van der Waals surface area contributed by atoms with Crippen molar-refractivity contribution in [2.75, 3.05) is 7.11 Å². The summed E-state index contributed by atoms with van der Waals surface area (Å²) in [6, 6.07) is 0. The van der Waals surface area contributed by atoms with Crippen LogP contribution in [0.4, 0.5) is 0 Å². The van der Waals surface area contributed by atoms with Crippen LogP contribution in [0.15, 0.2) is 0 Å². The van der Waals surface area contributed by atoms with E-state index in [1.807, 2.05) is 20.9 Å². The van der Waals surface area contributed by atoms with Gasteiger partial charge < -0.3 is 4.74 Å². The first-order chi connectivity index (χ1) is 6.56. The fourth-order valence-corrected chi connectivity index (χ4v) is 1.12. The lowest BCUT2D eigenvalue weighted by atomic mass is 10.2. The molecule has 4 heteroatoms. The molecule has 0 saturated carbocycles. The number of carbonyl (C=O) groups excluding carboxylic acids is 1. The number of aryl methyl sites for hydroxylation is 2. The summed E-state index contributed by atoms with van der Waals surface area (Å²) in [6.07, 6.45) is 0. The summed E-state index contributed by atoms with van der Waals surface area (Å²) in [4.78, 5) is 10.8. The average Bonchev–Trinajstić information content (AvgIpc) is 2.39. The van der Waals surface area contributed by atoms with Crippen LogP contribution in [-0.4, -0.2) is 22.9 Å². The quantitative estimate of drug-likeness (QED) is 0.445. The van der Waals surface area contributed by atoms with E-state index in [1.165, 1.54) is 7.11 Å². The van der Waals surface area contributed by atoms with Gasteiger partial charge in [-0.2, -0.15) is 5.10 Å². The first kappa shape index (κ1) is 10.3. The predicted molar refractivity (Wildman–Crippen MR) is 51.6 cm³/mol. The zero-order valence-corrected chi connectivity index (χ0v) is 8.71. The van der Waals surface area contributed by atoms with E-state index in [2.05, 4.69) is 21.7 Å². The van der Waals surface area contributed by atoms with Gasteiger partial charge in [-0.25, -0.2) is 4.79 Å². The number of methoxy groups -OCH3 is 1. The monoisotopic (exact) mass is 192 g/mol. The molecule has 4 nitrogen and oxygen atoms in total. The Balaban J connectivity index is 3.06. The fourth-order valence-electron chi connectivity index (χ4n) is 1.12.